The fourth-order valence-corrected chi connectivity index (χ4v) is 3.66. The Labute approximate surface area is 170 Å². The Bertz CT molecular complexity index is 1030. The number of alkyl halides is 3. The van der Waals surface area contributed by atoms with E-state index in [0.29, 0.717) is 42.3 Å². The molecule has 1 aromatic carbocycles. The number of anilines is 2. The van der Waals surface area contributed by atoms with Gasteiger partial charge in [-0.1, -0.05) is 6.92 Å². The van der Waals surface area contributed by atoms with Crippen LogP contribution in [0.5, 0.6) is 0 Å². The lowest BCUT2D eigenvalue weighted by atomic mass is 9.82. The van der Waals surface area contributed by atoms with Gasteiger partial charge in [-0.15, -0.1) is 10.2 Å². The topological polar surface area (TPSA) is 101 Å². The number of hydrogen-bond donors (Lipinski definition) is 3. The molecule has 0 radical (unpaired) electrons. The maximum Gasteiger partial charge on any atom is 0.416 e. The number of benzene rings is 1. The summed E-state index contributed by atoms with van der Waals surface area (Å²) in [6.45, 7) is 2.59. The summed E-state index contributed by atoms with van der Waals surface area (Å²) in [6.07, 6.45) is -2.23. The third kappa shape index (κ3) is 3.54. The number of nitrogens with one attached hydrogen (secondary N) is 2. The predicted octanol–water partition coefficient (Wildman–Crippen LogP) is 3.19. The fourth-order valence-electron chi connectivity index (χ4n) is 3.66. The molecule has 11 heteroatoms. The lowest BCUT2D eigenvalue weighted by Gasteiger charge is -2.26. The van der Waals surface area contributed by atoms with Crippen molar-refractivity contribution < 1.29 is 22.7 Å². The van der Waals surface area contributed by atoms with E-state index in [1.807, 2.05) is 6.92 Å². The van der Waals surface area contributed by atoms with E-state index < -0.39 is 23.4 Å². The number of rotatable bonds is 5. The van der Waals surface area contributed by atoms with Crippen molar-refractivity contribution >= 4 is 11.5 Å². The second kappa shape index (κ2) is 7.40. The molecule has 1 aliphatic heterocycles. The molecular formula is C19H21F3N6O2. The first-order valence-corrected chi connectivity index (χ1v) is 9.46. The molecule has 0 amide bonds. The monoisotopic (exact) mass is 422 g/mol. The van der Waals surface area contributed by atoms with E-state index in [9.17, 15) is 18.3 Å². The normalized spacial score (nSPS) is 21.9. The van der Waals surface area contributed by atoms with Gasteiger partial charge in [0.2, 0.25) is 5.89 Å². The highest BCUT2D eigenvalue weighted by atomic mass is 19.4. The van der Waals surface area contributed by atoms with Crippen LogP contribution in [-0.2, 0) is 18.6 Å². The summed E-state index contributed by atoms with van der Waals surface area (Å²) in [5.41, 5.74) is -0.454. The molecule has 0 saturated carbocycles. The van der Waals surface area contributed by atoms with E-state index in [4.69, 9.17) is 4.42 Å². The number of hydrogen-bond acceptors (Lipinski definition) is 7. The van der Waals surface area contributed by atoms with Crippen molar-refractivity contribution in [2.24, 2.45) is 7.05 Å². The first-order chi connectivity index (χ1) is 14.2. The quantitative estimate of drug-likeness (QED) is 0.581. The van der Waals surface area contributed by atoms with Crippen LogP contribution in [0.2, 0.25) is 0 Å². The van der Waals surface area contributed by atoms with Crippen LogP contribution in [0.15, 0.2) is 34.9 Å². The van der Waals surface area contributed by atoms with Crippen molar-refractivity contribution in [3.05, 3.63) is 41.9 Å². The summed E-state index contributed by atoms with van der Waals surface area (Å²) >= 11 is 0. The maximum absolute atomic E-state index is 12.8. The van der Waals surface area contributed by atoms with Crippen LogP contribution in [0.25, 0.3) is 11.5 Å². The predicted molar refractivity (Wildman–Crippen MR) is 102 cm³/mol. The van der Waals surface area contributed by atoms with Crippen molar-refractivity contribution in [2.45, 2.75) is 37.6 Å². The van der Waals surface area contributed by atoms with Crippen LogP contribution in [0.3, 0.4) is 0 Å². The summed E-state index contributed by atoms with van der Waals surface area (Å²) in [7, 11) is 1.71. The highest BCUT2D eigenvalue weighted by Gasteiger charge is 2.46. The standard InChI is InChI=1S/C19H21F3N6O2/c1-3-18(8-9-23-16(18)29)17-26-25-15(30-17)13-10-28(2)27-14(13)24-12-6-4-11(5-7-12)19(20,21)22/h4-7,10,16,23,29H,3,8-9H2,1-2H3,(H,24,27)/t16?,18-/m0/s1. The SMILES string of the molecule is CC[C@]1(c2nnc(-c3cn(C)nc3Nc3ccc(C(F)(F)F)cc3)o2)CCNC1O. The summed E-state index contributed by atoms with van der Waals surface area (Å²) in [4.78, 5) is 0. The third-order valence-electron chi connectivity index (χ3n) is 5.45. The van der Waals surface area contributed by atoms with Crippen molar-refractivity contribution in [1.82, 2.24) is 25.3 Å². The molecule has 4 rings (SSSR count). The zero-order valence-corrected chi connectivity index (χ0v) is 16.4. The zero-order valence-electron chi connectivity index (χ0n) is 16.4. The third-order valence-corrected chi connectivity index (χ3v) is 5.45. The van der Waals surface area contributed by atoms with Crippen LogP contribution < -0.4 is 10.6 Å². The molecule has 0 spiro atoms. The molecule has 2 atom stereocenters. The molecule has 1 unspecified atom stereocenters. The van der Waals surface area contributed by atoms with E-state index in [0.717, 1.165) is 12.1 Å². The highest BCUT2D eigenvalue weighted by molar-refractivity contribution is 5.73. The van der Waals surface area contributed by atoms with Crippen molar-refractivity contribution in [1.29, 1.82) is 0 Å². The number of aliphatic hydroxyl groups excluding tert-OH is 1. The van der Waals surface area contributed by atoms with Gasteiger partial charge in [0.05, 0.1) is 11.0 Å². The highest BCUT2D eigenvalue weighted by Crippen LogP contribution is 2.39. The van der Waals surface area contributed by atoms with Gasteiger partial charge in [0, 0.05) is 18.9 Å². The molecule has 1 aliphatic rings. The second-order valence-corrected chi connectivity index (χ2v) is 7.29. The van der Waals surface area contributed by atoms with Crippen molar-refractivity contribution in [2.75, 3.05) is 11.9 Å². The van der Waals surface area contributed by atoms with Gasteiger partial charge in [0.1, 0.15) is 11.8 Å². The Hall–Kier alpha value is -2.92. The van der Waals surface area contributed by atoms with Crippen LogP contribution in [0.1, 0.15) is 31.2 Å². The van der Waals surface area contributed by atoms with E-state index in [1.54, 1.807) is 13.2 Å². The molecule has 8 nitrogen and oxygen atoms in total. The van der Waals surface area contributed by atoms with Crippen LogP contribution in [-0.4, -0.2) is 37.9 Å². The summed E-state index contributed by atoms with van der Waals surface area (Å²) in [5.74, 6) is 0.907. The van der Waals surface area contributed by atoms with Crippen molar-refractivity contribution in [3.8, 4) is 11.5 Å². The molecule has 160 valence electrons. The van der Waals surface area contributed by atoms with Gasteiger partial charge in [-0.2, -0.15) is 18.3 Å². The van der Waals surface area contributed by atoms with Gasteiger partial charge < -0.3 is 14.8 Å². The van der Waals surface area contributed by atoms with Crippen LogP contribution >= 0.6 is 0 Å². The van der Waals surface area contributed by atoms with Gasteiger partial charge in [-0.25, -0.2) is 0 Å². The molecule has 1 fully saturated rings. The molecule has 3 N–H and O–H groups in total. The Morgan fingerprint density at radius 1 is 1.30 bits per heavy atom. The van der Waals surface area contributed by atoms with E-state index in [-0.39, 0.29) is 5.89 Å². The molecule has 3 heterocycles. The second-order valence-electron chi connectivity index (χ2n) is 7.29. The van der Waals surface area contributed by atoms with Gasteiger partial charge in [0.15, 0.2) is 5.82 Å². The number of aryl methyl sites for hydroxylation is 1. The Kier molecular flexibility index (Phi) is 5.02. The average Bonchev–Trinajstić information content (AvgIpc) is 3.40. The zero-order chi connectivity index (χ0) is 21.5. The molecule has 30 heavy (non-hydrogen) atoms. The molecule has 0 bridgehead atoms. The summed E-state index contributed by atoms with van der Waals surface area (Å²) < 4.78 is 45.7. The smallest absolute Gasteiger partial charge is 0.416 e. The van der Waals surface area contributed by atoms with Crippen LogP contribution in [0.4, 0.5) is 24.7 Å². The largest absolute Gasteiger partial charge is 0.420 e. The minimum atomic E-state index is -4.40. The van der Waals surface area contributed by atoms with Crippen molar-refractivity contribution in [3.63, 3.8) is 0 Å². The molecular weight excluding hydrogens is 401 g/mol. The minimum Gasteiger partial charge on any atom is -0.420 e. The Balaban J connectivity index is 1.62. The first-order valence-electron chi connectivity index (χ1n) is 9.46. The number of nitrogens with zero attached hydrogens (tertiary/aromatic N) is 4. The lowest BCUT2D eigenvalue weighted by Crippen LogP contribution is -2.40. The summed E-state index contributed by atoms with van der Waals surface area (Å²) in [5, 5.41) is 28.9. The van der Waals surface area contributed by atoms with Gasteiger partial charge in [-0.05, 0) is 43.7 Å². The Morgan fingerprint density at radius 3 is 2.63 bits per heavy atom. The minimum absolute atomic E-state index is 0.208. The van der Waals surface area contributed by atoms with E-state index in [1.165, 1.54) is 16.8 Å². The number of halogens is 3. The van der Waals surface area contributed by atoms with E-state index in [2.05, 4.69) is 25.9 Å². The lowest BCUT2D eigenvalue weighted by molar-refractivity contribution is -0.137. The first kappa shape index (κ1) is 20.4. The number of aromatic nitrogens is 4. The molecule has 1 saturated heterocycles. The van der Waals surface area contributed by atoms with Gasteiger partial charge in [-0.3, -0.25) is 10.00 Å². The molecule has 0 aliphatic carbocycles. The Morgan fingerprint density at radius 2 is 2.03 bits per heavy atom. The average molecular weight is 422 g/mol. The molecule has 2 aromatic heterocycles. The number of aliphatic hydroxyl groups is 1. The fraction of sp³-hybridized carbons (Fsp3) is 0.421. The molecule has 3 aromatic rings. The van der Waals surface area contributed by atoms with Crippen LogP contribution in [0, 0.1) is 0 Å². The maximum atomic E-state index is 12.8. The summed E-state index contributed by atoms with van der Waals surface area (Å²) in [6, 6.07) is 4.64. The van der Waals surface area contributed by atoms with Gasteiger partial charge >= 0.3 is 6.18 Å². The van der Waals surface area contributed by atoms with Gasteiger partial charge in [0.25, 0.3) is 5.89 Å². The van der Waals surface area contributed by atoms with E-state index >= 15 is 0 Å².